The Kier molecular flexibility index (Phi) is 6.83. The Morgan fingerprint density at radius 2 is 2.13 bits per heavy atom. The highest BCUT2D eigenvalue weighted by Gasteiger charge is 2.19. The van der Waals surface area contributed by atoms with Crippen LogP contribution in [0.3, 0.4) is 0 Å². The summed E-state index contributed by atoms with van der Waals surface area (Å²) in [6.07, 6.45) is 5.36. The van der Waals surface area contributed by atoms with E-state index in [1.165, 1.54) is 11.3 Å². The second-order valence-electron chi connectivity index (χ2n) is 6.27. The number of hydrogen-bond acceptors (Lipinski definition) is 6. The molecule has 1 aromatic heterocycles. The molecule has 23 heavy (non-hydrogen) atoms. The molecule has 1 aliphatic carbocycles. The second kappa shape index (κ2) is 8.86. The lowest BCUT2D eigenvalue weighted by atomic mass is 10.1. The quantitative estimate of drug-likeness (QED) is 0.712. The van der Waals surface area contributed by atoms with E-state index in [0.717, 1.165) is 38.6 Å². The third-order valence-electron chi connectivity index (χ3n) is 3.77. The zero-order valence-corrected chi connectivity index (χ0v) is 14.6. The first-order chi connectivity index (χ1) is 11.0. The normalized spacial score (nSPS) is 14.9. The molecule has 2 N–H and O–H groups in total. The Hall–Kier alpha value is -1.63. The molecule has 1 heterocycles. The number of nitrogens with one attached hydrogen (secondary N) is 2. The van der Waals surface area contributed by atoms with Gasteiger partial charge < -0.3 is 15.4 Å². The van der Waals surface area contributed by atoms with E-state index < -0.39 is 5.97 Å². The van der Waals surface area contributed by atoms with E-state index >= 15 is 0 Å². The van der Waals surface area contributed by atoms with Gasteiger partial charge in [0.05, 0.1) is 0 Å². The summed E-state index contributed by atoms with van der Waals surface area (Å²) in [6.45, 7) is 4.89. The Balaban J connectivity index is 1.70. The molecule has 0 saturated heterocycles. The van der Waals surface area contributed by atoms with Crippen molar-refractivity contribution in [3.63, 3.8) is 0 Å². The summed E-state index contributed by atoms with van der Waals surface area (Å²) < 4.78 is 5.02. The van der Waals surface area contributed by atoms with Crippen LogP contribution in [-0.2, 0) is 9.53 Å². The molecule has 0 bridgehead atoms. The maximum Gasteiger partial charge on any atom is 0.358 e. The maximum absolute atomic E-state index is 11.9. The molecule has 2 rings (SSSR count). The average molecular weight is 339 g/mol. The third kappa shape index (κ3) is 6.17. The lowest BCUT2D eigenvalue weighted by molar-refractivity contribution is -0.124. The van der Waals surface area contributed by atoms with Crippen molar-refractivity contribution in [2.24, 2.45) is 5.92 Å². The molecular weight excluding hydrogens is 314 g/mol. The summed E-state index contributed by atoms with van der Waals surface area (Å²) in [5, 5.41) is 8.42. The largest absolute Gasteiger partial charge is 0.451 e. The van der Waals surface area contributed by atoms with Gasteiger partial charge in [0.2, 0.25) is 0 Å². The average Bonchev–Trinajstić information content (AvgIpc) is 3.16. The van der Waals surface area contributed by atoms with E-state index in [1.807, 2.05) is 0 Å². The van der Waals surface area contributed by atoms with Crippen LogP contribution < -0.4 is 10.6 Å². The number of nitrogens with zero attached hydrogens (tertiary/aromatic N) is 1. The first-order valence-corrected chi connectivity index (χ1v) is 9.08. The van der Waals surface area contributed by atoms with Crippen molar-refractivity contribution >= 4 is 28.3 Å². The van der Waals surface area contributed by atoms with Gasteiger partial charge in [0.25, 0.3) is 5.91 Å². The molecule has 1 fully saturated rings. The molecule has 6 nitrogen and oxygen atoms in total. The molecule has 0 spiro atoms. The Bertz CT molecular complexity index is 524. The smallest absolute Gasteiger partial charge is 0.358 e. The van der Waals surface area contributed by atoms with Crippen LogP contribution in [0, 0.1) is 5.92 Å². The number of thiazole rings is 1. The van der Waals surface area contributed by atoms with Crippen LogP contribution in [0.2, 0.25) is 0 Å². The lowest BCUT2D eigenvalue weighted by Gasteiger charge is -2.11. The third-order valence-corrected chi connectivity index (χ3v) is 4.57. The van der Waals surface area contributed by atoms with Gasteiger partial charge in [-0.25, -0.2) is 9.78 Å². The summed E-state index contributed by atoms with van der Waals surface area (Å²) in [4.78, 5) is 27.8. The summed E-state index contributed by atoms with van der Waals surface area (Å²) in [5.74, 6) is -0.180. The highest BCUT2D eigenvalue weighted by molar-refractivity contribution is 7.13. The van der Waals surface area contributed by atoms with Crippen LogP contribution >= 0.6 is 11.3 Å². The number of rotatable bonds is 8. The van der Waals surface area contributed by atoms with Gasteiger partial charge in [-0.1, -0.05) is 26.7 Å². The van der Waals surface area contributed by atoms with Crippen LogP contribution in [0.15, 0.2) is 5.38 Å². The summed E-state index contributed by atoms with van der Waals surface area (Å²) in [6, 6.07) is 0.234. The zero-order valence-electron chi connectivity index (χ0n) is 13.8. The minimum absolute atomic E-state index is 0.234. The number of carbonyl (C=O) groups is 2. The van der Waals surface area contributed by atoms with E-state index in [9.17, 15) is 9.59 Å². The molecule has 0 atom stereocenters. The van der Waals surface area contributed by atoms with Gasteiger partial charge in [-0.15, -0.1) is 11.3 Å². The van der Waals surface area contributed by atoms with Crippen LogP contribution in [0.5, 0.6) is 0 Å². The van der Waals surface area contributed by atoms with Gasteiger partial charge in [0.1, 0.15) is 0 Å². The van der Waals surface area contributed by atoms with Crippen molar-refractivity contribution in [2.45, 2.75) is 52.0 Å². The van der Waals surface area contributed by atoms with Gasteiger partial charge in [0, 0.05) is 18.0 Å². The molecule has 0 unspecified atom stereocenters. The number of esters is 1. The predicted molar refractivity (Wildman–Crippen MR) is 90.7 cm³/mol. The molecule has 128 valence electrons. The standard InChI is InChI=1S/C16H25N3O3S/c1-11(2)7-8-17-16-19-13(10-23-16)15(21)22-9-14(20)18-12-5-3-4-6-12/h10-12H,3-9H2,1-2H3,(H,17,19)(H,18,20). The predicted octanol–water partition coefficient (Wildman–Crippen LogP) is 2.82. The van der Waals surface area contributed by atoms with Crippen molar-refractivity contribution in [1.29, 1.82) is 0 Å². The molecule has 1 amide bonds. The second-order valence-corrected chi connectivity index (χ2v) is 7.13. The monoisotopic (exact) mass is 339 g/mol. The molecule has 1 aliphatic rings. The zero-order chi connectivity index (χ0) is 16.7. The first kappa shape index (κ1) is 17.7. The van der Waals surface area contributed by atoms with Gasteiger partial charge in [0.15, 0.2) is 17.4 Å². The number of aromatic nitrogens is 1. The van der Waals surface area contributed by atoms with E-state index in [4.69, 9.17) is 4.74 Å². The molecule has 0 aliphatic heterocycles. The van der Waals surface area contributed by atoms with Gasteiger partial charge in [-0.2, -0.15) is 0 Å². The minimum Gasteiger partial charge on any atom is -0.451 e. The highest BCUT2D eigenvalue weighted by atomic mass is 32.1. The van der Waals surface area contributed by atoms with E-state index in [1.54, 1.807) is 5.38 Å². The van der Waals surface area contributed by atoms with Crippen molar-refractivity contribution in [1.82, 2.24) is 10.3 Å². The fourth-order valence-electron chi connectivity index (χ4n) is 2.46. The number of hydrogen-bond donors (Lipinski definition) is 2. The summed E-state index contributed by atoms with van der Waals surface area (Å²) in [5.41, 5.74) is 0.246. The van der Waals surface area contributed by atoms with Crippen LogP contribution in [0.1, 0.15) is 56.4 Å². The molecule has 0 radical (unpaired) electrons. The SMILES string of the molecule is CC(C)CCNc1nc(C(=O)OCC(=O)NC2CCCC2)cs1. The number of amides is 1. The van der Waals surface area contributed by atoms with Crippen molar-refractivity contribution in [3.8, 4) is 0 Å². The van der Waals surface area contributed by atoms with Crippen LogP contribution in [0.4, 0.5) is 5.13 Å². The number of carbonyl (C=O) groups excluding carboxylic acids is 2. The minimum atomic E-state index is -0.556. The van der Waals surface area contributed by atoms with E-state index in [0.29, 0.717) is 11.0 Å². The molecule has 0 aromatic carbocycles. The molecule has 1 saturated carbocycles. The van der Waals surface area contributed by atoms with Gasteiger partial charge in [-0.05, 0) is 25.2 Å². The Morgan fingerprint density at radius 1 is 1.39 bits per heavy atom. The Labute approximate surface area is 141 Å². The van der Waals surface area contributed by atoms with E-state index in [2.05, 4.69) is 29.5 Å². The fourth-order valence-corrected chi connectivity index (χ4v) is 3.17. The van der Waals surface area contributed by atoms with Gasteiger partial charge >= 0.3 is 5.97 Å². The van der Waals surface area contributed by atoms with E-state index in [-0.39, 0.29) is 24.2 Å². The topological polar surface area (TPSA) is 80.3 Å². The Morgan fingerprint density at radius 3 is 2.83 bits per heavy atom. The van der Waals surface area contributed by atoms with Crippen molar-refractivity contribution < 1.29 is 14.3 Å². The number of anilines is 1. The highest BCUT2D eigenvalue weighted by Crippen LogP contribution is 2.18. The van der Waals surface area contributed by atoms with Gasteiger partial charge in [-0.3, -0.25) is 4.79 Å². The maximum atomic E-state index is 11.9. The van der Waals surface area contributed by atoms with Crippen LogP contribution in [-0.4, -0.2) is 36.1 Å². The summed E-state index contributed by atoms with van der Waals surface area (Å²) in [7, 11) is 0. The summed E-state index contributed by atoms with van der Waals surface area (Å²) >= 11 is 1.37. The van der Waals surface area contributed by atoms with Crippen molar-refractivity contribution in [2.75, 3.05) is 18.5 Å². The van der Waals surface area contributed by atoms with Crippen molar-refractivity contribution in [3.05, 3.63) is 11.1 Å². The molecule has 7 heteroatoms. The molecule has 1 aromatic rings. The van der Waals surface area contributed by atoms with Crippen LogP contribution in [0.25, 0.3) is 0 Å². The fraction of sp³-hybridized carbons (Fsp3) is 0.688. The first-order valence-electron chi connectivity index (χ1n) is 8.20. The molecular formula is C16H25N3O3S. The lowest BCUT2D eigenvalue weighted by Crippen LogP contribution is -2.35. The number of ether oxygens (including phenoxy) is 1.